The molecule has 19 heavy (non-hydrogen) atoms. The Kier molecular flexibility index (Phi) is 7.96. The first-order valence-corrected chi connectivity index (χ1v) is 7.87. The first-order valence-electron chi connectivity index (χ1n) is 7.87. The Morgan fingerprint density at radius 2 is 1.53 bits per heavy atom. The van der Waals surface area contributed by atoms with Gasteiger partial charge in [-0.15, -0.1) is 0 Å². The van der Waals surface area contributed by atoms with Crippen molar-refractivity contribution in [1.29, 1.82) is 0 Å². The van der Waals surface area contributed by atoms with Crippen molar-refractivity contribution >= 4 is 0 Å². The maximum atomic E-state index is 5.87. The lowest BCUT2D eigenvalue weighted by atomic mass is 10.1. The predicted molar refractivity (Wildman–Crippen MR) is 78.5 cm³/mol. The lowest BCUT2D eigenvalue weighted by Gasteiger charge is -2.24. The van der Waals surface area contributed by atoms with E-state index in [1.54, 1.807) is 0 Å². The van der Waals surface area contributed by atoms with E-state index in [0.29, 0.717) is 25.2 Å². The molecular weight excluding hydrogens is 240 g/mol. The summed E-state index contributed by atoms with van der Waals surface area (Å²) in [6.45, 7) is 12.0. The van der Waals surface area contributed by atoms with Crippen LogP contribution in [0.15, 0.2) is 0 Å². The van der Waals surface area contributed by atoms with Gasteiger partial charge in [0.25, 0.3) is 0 Å². The lowest BCUT2D eigenvalue weighted by molar-refractivity contribution is -0.0908. The minimum absolute atomic E-state index is 0.145. The van der Waals surface area contributed by atoms with Gasteiger partial charge in [-0.1, -0.05) is 26.7 Å². The van der Waals surface area contributed by atoms with Crippen molar-refractivity contribution in [3.63, 3.8) is 0 Å². The second kappa shape index (κ2) is 8.93. The molecule has 0 aliphatic heterocycles. The molecule has 0 aromatic heterocycles. The quantitative estimate of drug-likeness (QED) is 0.639. The maximum Gasteiger partial charge on any atom is 0.0784 e. The van der Waals surface area contributed by atoms with E-state index in [4.69, 9.17) is 14.2 Å². The molecule has 0 bridgehead atoms. The molecule has 0 aromatic carbocycles. The molecule has 0 heterocycles. The summed E-state index contributed by atoms with van der Waals surface area (Å²) < 4.78 is 17.5. The smallest absolute Gasteiger partial charge is 0.0784 e. The van der Waals surface area contributed by atoms with Crippen LogP contribution in [-0.2, 0) is 14.2 Å². The van der Waals surface area contributed by atoms with Crippen molar-refractivity contribution in [3.05, 3.63) is 0 Å². The fourth-order valence-corrected chi connectivity index (χ4v) is 2.24. The zero-order valence-electron chi connectivity index (χ0n) is 13.4. The molecule has 1 aliphatic rings. The van der Waals surface area contributed by atoms with Gasteiger partial charge in [0, 0.05) is 0 Å². The SMILES string of the molecule is CC(COC1CCCC1)OCC(C)OC(C)C(C)C. The summed E-state index contributed by atoms with van der Waals surface area (Å²) in [6, 6.07) is 0. The van der Waals surface area contributed by atoms with Crippen LogP contribution in [0.3, 0.4) is 0 Å². The van der Waals surface area contributed by atoms with E-state index < -0.39 is 0 Å². The van der Waals surface area contributed by atoms with E-state index in [9.17, 15) is 0 Å². The van der Waals surface area contributed by atoms with Crippen LogP contribution in [-0.4, -0.2) is 37.6 Å². The van der Waals surface area contributed by atoms with E-state index >= 15 is 0 Å². The first kappa shape index (κ1) is 16.9. The fraction of sp³-hybridized carbons (Fsp3) is 1.00. The molecule has 0 saturated heterocycles. The van der Waals surface area contributed by atoms with E-state index in [1.165, 1.54) is 25.7 Å². The fourth-order valence-electron chi connectivity index (χ4n) is 2.24. The van der Waals surface area contributed by atoms with Gasteiger partial charge in [-0.2, -0.15) is 0 Å². The average Bonchev–Trinajstić information content (AvgIpc) is 2.86. The highest BCUT2D eigenvalue weighted by molar-refractivity contribution is 4.67. The molecule has 3 atom stereocenters. The van der Waals surface area contributed by atoms with Crippen molar-refractivity contribution in [3.8, 4) is 0 Å². The third kappa shape index (κ3) is 7.28. The van der Waals surface area contributed by atoms with Gasteiger partial charge in [-0.05, 0) is 39.5 Å². The summed E-state index contributed by atoms with van der Waals surface area (Å²) in [5.74, 6) is 0.547. The van der Waals surface area contributed by atoms with E-state index in [0.717, 1.165) is 0 Å². The van der Waals surface area contributed by atoms with Crippen molar-refractivity contribution in [2.75, 3.05) is 13.2 Å². The third-order valence-corrected chi connectivity index (χ3v) is 3.87. The summed E-state index contributed by atoms with van der Waals surface area (Å²) in [7, 11) is 0. The topological polar surface area (TPSA) is 27.7 Å². The number of ether oxygens (including phenoxy) is 3. The van der Waals surface area contributed by atoms with Gasteiger partial charge in [-0.3, -0.25) is 0 Å². The van der Waals surface area contributed by atoms with Crippen molar-refractivity contribution in [2.45, 2.75) is 84.7 Å². The molecule has 0 aromatic rings. The second-order valence-electron chi connectivity index (χ2n) is 6.28. The molecule has 3 heteroatoms. The molecule has 0 radical (unpaired) electrons. The summed E-state index contributed by atoms with van der Waals surface area (Å²) in [6.07, 6.45) is 6.13. The summed E-state index contributed by atoms with van der Waals surface area (Å²) >= 11 is 0. The molecular formula is C16H32O3. The minimum Gasteiger partial charge on any atom is -0.376 e. The number of rotatable bonds is 9. The molecule has 1 rings (SSSR count). The van der Waals surface area contributed by atoms with Crippen LogP contribution < -0.4 is 0 Å². The molecule has 0 N–H and O–H groups in total. The van der Waals surface area contributed by atoms with E-state index in [-0.39, 0.29) is 18.3 Å². The second-order valence-corrected chi connectivity index (χ2v) is 6.28. The zero-order valence-corrected chi connectivity index (χ0v) is 13.4. The largest absolute Gasteiger partial charge is 0.376 e. The number of hydrogen-bond donors (Lipinski definition) is 0. The summed E-state index contributed by atoms with van der Waals surface area (Å²) in [4.78, 5) is 0. The highest BCUT2D eigenvalue weighted by atomic mass is 16.6. The van der Waals surface area contributed by atoms with Crippen molar-refractivity contribution in [2.24, 2.45) is 5.92 Å². The molecule has 114 valence electrons. The normalized spacial score (nSPS) is 21.8. The molecule has 3 unspecified atom stereocenters. The highest BCUT2D eigenvalue weighted by Crippen LogP contribution is 2.21. The highest BCUT2D eigenvalue weighted by Gasteiger charge is 2.17. The standard InChI is InChI=1S/C16H32O3/c1-12(2)15(5)19-14(4)11-17-13(3)10-18-16-8-6-7-9-16/h12-16H,6-11H2,1-5H3. The van der Waals surface area contributed by atoms with Crippen LogP contribution in [0.2, 0.25) is 0 Å². The maximum absolute atomic E-state index is 5.87. The third-order valence-electron chi connectivity index (χ3n) is 3.87. The van der Waals surface area contributed by atoms with E-state index in [1.807, 2.05) is 0 Å². The average molecular weight is 272 g/mol. The van der Waals surface area contributed by atoms with Crippen LogP contribution in [0.5, 0.6) is 0 Å². The van der Waals surface area contributed by atoms with Crippen LogP contribution in [0.25, 0.3) is 0 Å². The molecule has 1 aliphatic carbocycles. The van der Waals surface area contributed by atoms with Gasteiger partial charge in [0.05, 0.1) is 37.6 Å². The van der Waals surface area contributed by atoms with Gasteiger partial charge in [0.1, 0.15) is 0 Å². The minimum atomic E-state index is 0.145. The van der Waals surface area contributed by atoms with Crippen LogP contribution in [0, 0.1) is 5.92 Å². The van der Waals surface area contributed by atoms with Crippen LogP contribution in [0.1, 0.15) is 60.3 Å². The Morgan fingerprint density at radius 3 is 2.11 bits per heavy atom. The molecule has 3 nitrogen and oxygen atoms in total. The van der Waals surface area contributed by atoms with Gasteiger partial charge in [0.2, 0.25) is 0 Å². The lowest BCUT2D eigenvalue weighted by Crippen LogP contribution is -2.28. The summed E-state index contributed by atoms with van der Waals surface area (Å²) in [5, 5.41) is 0. The van der Waals surface area contributed by atoms with E-state index in [2.05, 4.69) is 34.6 Å². The Labute approximate surface area is 119 Å². The van der Waals surface area contributed by atoms with Gasteiger partial charge >= 0.3 is 0 Å². The van der Waals surface area contributed by atoms with Crippen molar-refractivity contribution < 1.29 is 14.2 Å². The van der Waals surface area contributed by atoms with Crippen molar-refractivity contribution in [1.82, 2.24) is 0 Å². The Bertz CT molecular complexity index is 224. The Hall–Kier alpha value is -0.120. The first-order chi connectivity index (χ1) is 8.99. The molecule has 0 amide bonds. The van der Waals surface area contributed by atoms with Gasteiger partial charge in [-0.25, -0.2) is 0 Å². The zero-order chi connectivity index (χ0) is 14.3. The van der Waals surface area contributed by atoms with Gasteiger partial charge in [0.15, 0.2) is 0 Å². The molecule has 0 spiro atoms. The molecule has 1 fully saturated rings. The summed E-state index contributed by atoms with van der Waals surface area (Å²) in [5.41, 5.74) is 0. The number of hydrogen-bond acceptors (Lipinski definition) is 3. The Morgan fingerprint density at radius 1 is 0.895 bits per heavy atom. The monoisotopic (exact) mass is 272 g/mol. The Balaban J connectivity index is 2.06. The van der Waals surface area contributed by atoms with Crippen LogP contribution in [0.4, 0.5) is 0 Å². The predicted octanol–water partition coefficient (Wildman–Crippen LogP) is 3.80. The van der Waals surface area contributed by atoms with Gasteiger partial charge < -0.3 is 14.2 Å². The molecule has 1 saturated carbocycles. The van der Waals surface area contributed by atoms with Crippen LogP contribution >= 0.6 is 0 Å².